The molecule has 2 aliphatic rings. The Morgan fingerprint density at radius 1 is 0.850 bits per heavy atom. The van der Waals surface area contributed by atoms with Gasteiger partial charge >= 0.3 is 0 Å². The number of rotatable bonds is 0. The molecule has 0 aliphatic heterocycles. The Morgan fingerprint density at radius 3 is 2.20 bits per heavy atom. The summed E-state index contributed by atoms with van der Waals surface area (Å²) in [7, 11) is 0. The molecule has 98 valence electrons. The SMILES string of the molecule is O=C1c2cc3c(cc2C(=O)c2ncccc21)CCCC3. The van der Waals surface area contributed by atoms with Crippen LogP contribution in [0.5, 0.6) is 0 Å². The summed E-state index contributed by atoms with van der Waals surface area (Å²) in [5, 5.41) is 0. The molecular formula is C17H13NO2. The van der Waals surface area contributed by atoms with Gasteiger partial charge in [-0.2, -0.15) is 0 Å². The van der Waals surface area contributed by atoms with Crippen LogP contribution in [0.1, 0.15) is 55.9 Å². The number of fused-ring (bicyclic) bond motifs is 3. The zero-order valence-corrected chi connectivity index (χ0v) is 11.0. The molecule has 0 N–H and O–H groups in total. The predicted octanol–water partition coefficient (Wildman–Crippen LogP) is 2.74. The van der Waals surface area contributed by atoms with Crippen molar-refractivity contribution in [2.45, 2.75) is 25.7 Å². The zero-order valence-electron chi connectivity index (χ0n) is 11.0. The standard InChI is InChI=1S/C17H13NO2/c19-16-12-6-3-7-18-15(12)17(20)14-9-11-5-2-1-4-10(11)8-13(14)16/h3,6-9H,1-2,4-5H2. The Kier molecular flexibility index (Phi) is 2.36. The third kappa shape index (κ3) is 1.49. The van der Waals surface area contributed by atoms with Crippen molar-refractivity contribution < 1.29 is 9.59 Å². The highest BCUT2D eigenvalue weighted by Gasteiger charge is 2.31. The fourth-order valence-corrected chi connectivity index (χ4v) is 3.20. The van der Waals surface area contributed by atoms with Gasteiger partial charge in [0.15, 0.2) is 5.78 Å². The Labute approximate surface area is 116 Å². The zero-order chi connectivity index (χ0) is 13.7. The van der Waals surface area contributed by atoms with Crippen LogP contribution in [0.15, 0.2) is 30.5 Å². The second-order valence-corrected chi connectivity index (χ2v) is 5.43. The average molecular weight is 263 g/mol. The van der Waals surface area contributed by atoms with Gasteiger partial charge in [-0.15, -0.1) is 0 Å². The molecular weight excluding hydrogens is 250 g/mol. The molecule has 1 heterocycles. The van der Waals surface area contributed by atoms with Crippen molar-refractivity contribution in [2.75, 3.05) is 0 Å². The van der Waals surface area contributed by atoms with Crippen LogP contribution in [-0.4, -0.2) is 16.6 Å². The van der Waals surface area contributed by atoms with E-state index in [1.807, 2.05) is 12.1 Å². The molecule has 0 saturated heterocycles. The number of pyridine rings is 1. The van der Waals surface area contributed by atoms with Crippen LogP contribution in [0, 0.1) is 0 Å². The van der Waals surface area contributed by atoms with Crippen LogP contribution in [0.3, 0.4) is 0 Å². The van der Waals surface area contributed by atoms with Crippen molar-refractivity contribution in [1.29, 1.82) is 0 Å². The summed E-state index contributed by atoms with van der Waals surface area (Å²) in [5.41, 5.74) is 4.25. The Bertz CT molecular complexity index is 698. The maximum absolute atomic E-state index is 12.5. The third-order valence-corrected chi connectivity index (χ3v) is 4.24. The van der Waals surface area contributed by atoms with E-state index in [9.17, 15) is 9.59 Å². The molecule has 0 atom stereocenters. The largest absolute Gasteiger partial charge is 0.288 e. The molecule has 0 bridgehead atoms. The Hall–Kier alpha value is -2.29. The summed E-state index contributed by atoms with van der Waals surface area (Å²) in [6.07, 6.45) is 5.88. The average Bonchev–Trinajstić information content (AvgIpc) is 2.51. The van der Waals surface area contributed by atoms with Crippen molar-refractivity contribution in [2.24, 2.45) is 0 Å². The van der Waals surface area contributed by atoms with Crippen LogP contribution in [-0.2, 0) is 12.8 Å². The molecule has 2 aliphatic carbocycles. The number of aryl methyl sites for hydroxylation is 2. The minimum Gasteiger partial charge on any atom is -0.288 e. The quantitative estimate of drug-likeness (QED) is 0.626. The molecule has 4 rings (SSSR count). The fourth-order valence-electron chi connectivity index (χ4n) is 3.20. The summed E-state index contributed by atoms with van der Waals surface area (Å²) >= 11 is 0. The first-order chi connectivity index (χ1) is 9.75. The van der Waals surface area contributed by atoms with Gasteiger partial charge in [0.1, 0.15) is 5.69 Å². The molecule has 0 radical (unpaired) electrons. The van der Waals surface area contributed by atoms with E-state index in [0.717, 1.165) is 25.7 Å². The molecule has 0 unspecified atom stereocenters. The van der Waals surface area contributed by atoms with Crippen LogP contribution in [0.4, 0.5) is 0 Å². The molecule has 20 heavy (non-hydrogen) atoms. The summed E-state index contributed by atoms with van der Waals surface area (Å²) in [6.45, 7) is 0. The van der Waals surface area contributed by atoms with Gasteiger partial charge < -0.3 is 0 Å². The normalized spacial score (nSPS) is 16.4. The van der Waals surface area contributed by atoms with E-state index >= 15 is 0 Å². The van der Waals surface area contributed by atoms with Crippen molar-refractivity contribution in [3.8, 4) is 0 Å². The first kappa shape index (κ1) is 11.5. The first-order valence-electron chi connectivity index (χ1n) is 6.96. The van der Waals surface area contributed by atoms with Gasteiger partial charge in [0.2, 0.25) is 5.78 Å². The summed E-state index contributed by atoms with van der Waals surface area (Å²) < 4.78 is 0. The number of ketones is 2. The number of carbonyl (C=O) groups is 2. The molecule has 3 heteroatoms. The van der Waals surface area contributed by atoms with Gasteiger partial charge in [-0.05, 0) is 61.1 Å². The third-order valence-electron chi connectivity index (χ3n) is 4.24. The van der Waals surface area contributed by atoms with Crippen LogP contribution >= 0.6 is 0 Å². The number of aromatic nitrogens is 1. The highest BCUT2D eigenvalue weighted by Crippen LogP contribution is 2.31. The molecule has 1 aromatic carbocycles. The van der Waals surface area contributed by atoms with Crippen LogP contribution in [0.25, 0.3) is 0 Å². The molecule has 0 saturated carbocycles. The number of hydrogen-bond acceptors (Lipinski definition) is 3. The van der Waals surface area contributed by atoms with E-state index in [2.05, 4.69) is 4.98 Å². The molecule has 0 fully saturated rings. The Morgan fingerprint density at radius 2 is 1.50 bits per heavy atom. The van der Waals surface area contributed by atoms with Gasteiger partial charge in [0, 0.05) is 17.3 Å². The minimum atomic E-state index is -0.122. The van der Waals surface area contributed by atoms with Crippen molar-refractivity contribution in [3.63, 3.8) is 0 Å². The lowest BCUT2D eigenvalue weighted by Gasteiger charge is -2.22. The first-order valence-corrected chi connectivity index (χ1v) is 6.96. The maximum atomic E-state index is 12.5. The van der Waals surface area contributed by atoms with Crippen molar-refractivity contribution in [3.05, 3.63) is 64.0 Å². The maximum Gasteiger partial charge on any atom is 0.212 e. The number of hydrogen-bond donors (Lipinski definition) is 0. The molecule has 0 amide bonds. The topological polar surface area (TPSA) is 47.0 Å². The smallest absolute Gasteiger partial charge is 0.212 e. The second-order valence-electron chi connectivity index (χ2n) is 5.43. The van der Waals surface area contributed by atoms with Gasteiger partial charge in [-0.25, -0.2) is 0 Å². The van der Waals surface area contributed by atoms with Crippen molar-refractivity contribution in [1.82, 2.24) is 4.98 Å². The van der Waals surface area contributed by atoms with E-state index in [1.165, 1.54) is 11.1 Å². The van der Waals surface area contributed by atoms with E-state index in [-0.39, 0.29) is 11.6 Å². The van der Waals surface area contributed by atoms with Crippen LogP contribution < -0.4 is 0 Å². The highest BCUT2D eigenvalue weighted by atomic mass is 16.1. The summed E-state index contributed by atoms with van der Waals surface area (Å²) in [6, 6.07) is 7.24. The minimum absolute atomic E-state index is 0.0731. The lowest BCUT2D eigenvalue weighted by molar-refractivity contribution is 0.0975. The number of benzene rings is 1. The molecule has 0 spiro atoms. The lowest BCUT2D eigenvalue weighted by Crippen LogP contribution is -2.23. The monoisotopic (exact) mass is 263 g/mol. The number of nitrogens with zero attached hydrogens (tertiary/aromatic N) is 1. The summed E-state index contributed by atoms with van der Waals surface area (Å²) in [5.74, 6) is -0.195. The molecule has 3 nitrogen and oxygen atoms in total. The predicted molar refractivity (Wildman–Crippen MR) is 74.2 cm³/mol. The van der Waals surface area contributed by atoms with Gasteiger partial charge in [0.05, 0.1) is 5.56 Å². The van der Waals surface area contributed by atoms with E-state index in [4.69, 9.17) is 0 Å². The van der Waals surface area contributed by atoms with Crippen LogP contribution in [0.2, 0.25) is 0 Å². The Balaban J connectivity index is 1.97. The fraction of sp³-hybridized carbons (Fsp3) is 0.235. The molecule has 2 aromatic rings. The highest BCUT2D eigenvalue weighted by molar-refractivity contribution is 6.27. The number of carbonyl (C=O) groups excluding carboxylic acids is 2. The van der Waals surface area contributed by atoms with E-state index in [0.29, 0.717) is 22.4 Å². The van der Waals surface area contributed by atoms with Gasteiger partial charge in [-0.1, -0.05) is 0 Å². The van der Waals surface area contributed by atoms with E-state index < -0.39 is 0 Å². The van der Waals surface area contributed by atoms with Gasteiger partial charge in [0.25, 0.3) is 0 Å². The van der Waals surface area contributed by atoms with Gasteiger partial charge in [-0.3, -0.25) is 14.6 Å². The van der Waals surface area contributed by atoms with E-state index in [1.54, 1.807) is 18.3 Å². The summed E-state index contributed by atoms with van der Waals surface area (Å²) in [4.78, 5) is 29.2. The second kappa shape index (κ2) is 4.10. The molecule has 1 aromatic heterocycles. The van der Waals surface area contributed by atoms with Crippen molar-refractivity contribution >= 4 is 11.6 Å². The lowest BCUT2D eigenvalue weighted by atomic mass is 9.81.